The molecule has 0 aliphatic heterocycles. The topological polar surface area (TPSA) is 66.8 Å². The number of rotatable bonds is 4. The first-order valence-electron chi connectivity index (χ1n) is 5.99. The Hall–Kier alpha value is -2.04. The van der Waals surface area contributed by atoms with Gasteiger partial charge in [0.05, 0.1) is 13.0 Å². The van der Waals surface area contributed by atoms with E-state index in [1.165, 1.54) is 18.1 Å². The highest BCUT2D eigenvalue weighted by Gasteiger charge is 2.19. The second kappa shape index (κ2) is 6.22. The first kappa shape index (κ1) is 15.0. The Balaban J connectivity index is 2.76. The maximum absolute atomic E-state index is 12.1. The van der Waals surface area contributed by atoms with E-state index in [9.17, 15) is 14.7 Å². The van der Waals surface area contributed by atoms with Gasteiger partial charge in [0.15, 0.2) is 0 Å². The second-order valence-corrected chi connectivity index (χ2v) is 4.61. The fraction of sp³-hybridized carbons (Fsp3) is 0.429. The first-order valence-corrected chi connectivity index (χ1v) is 5.99. The van der Waals surface area contributed by atoms with E-state index in [0.717, 1.165) is 0 Å². The molecule has 1 unspecified atom stereocenters. The maximum Gasteiger partial charge on any atom is 0.310 e. The SMILES string of the molecule is COC(=O)C(C)CN(C)C(=O)c1ccc(O)c(C)c1. The van der Waals surface area contributed by atoms with Gasteiger partial charge in [-0.25, -0.2) is 0 Å². The molecular formula is C14H19NO4. The normalized spacial score (nSPS) is 11.8. The molecule has 0 heterocycles. The Labute approximate surface area is 112 Å². The zero-order valence-corrected chi connectivity index (χ0v) is 11.6. The number of methoxy groups -OCH3 is 1. The Bertz CT molecular complexity index is 484. The lowest BCUT2D eigenvalue weighted by Crippen LogP contribution is -2.34. The molecule has 0 fully saturated rings. The van der Waals surface area contributed by atoms with Crippen molar-refractivity contribution in [2.75, 3.05) is 20.7 Å². The molecular weight excluding hydrogens is 246 g/mol. The van der Waals surface area contributed by atoms with Crippen LogP contribution in [-0.4, -0.2) is 42.6 Å². The van der Waals surface area contributed by atoms with Gasteiger partial charge in [0.25, 0.3) is 5.91 Å². The predicted octanol–water partition coefficient (Wildman–Crippen LogP) is 1.58. The third-order valence-corrected chi connectivity index (χ3v) is 2.94. The van der Waals surface area contributed by atoms with E-state index in [2.05, 4.69) is 4.74 Å². The van der Waals surface area contributed by atoms with Crippen molar-refractivity contribution in [3.05, 3.63) is 29.3 Å². The summed E-state index contributed by atoms with van der Waals surface area (Å²) >= 11 is 0. The quantitative estimate of drug-likeness (QED) is 0.839. The van der Waals surface area contributed by atoms with E-state index in [0.29, 0.717) is 11.1 Å². The molecule has 0 aliphatic rings. The lowest BCUT2D eigenvalue weighted by molar-refractivity contribution is -0.145. The summed E-state index contributed by atoms with van der Waals surface area (Å²) in [7, 11) is 2.95. The number of hydrogen-bond donors (Lipinski definition) is 1. The lowest BCUT2D eigenvalue weighted by Gasteiger charge is -2.20. The largest absolute Gasteiger partial charge is 0.508 e. The molecule has 0 aromatic heterocycles. The fourth-order valence-electron chi connectivity index (χ4n) is 1.78. The van der Waals surface area contributed by atoms with E-state index >= 15 is 0 Å². The Morgan fingerprint density at radius 2 is 2.05 bits per heavy atom. The molecule has 0 bridgehead atoms. The molecule has 0 saturated heterocycles. The van der Waals surface area contributed by atoms with Crippen LogP contribution >= 0.6 is 0 Å². The third-order valence-electron chi connectivity index (χ3n) is 2.94. The molecule has 1 N–H and O–H groups in total. The number of nitrogens with zero attached hydrogens (tertiary/aromatic N) is 1. The number of esters is 1. The summed E-state index contributed by atoms with van der Waals surface area (Å²) in [6.07, 6.45) is 0. The number of aromatic hydroxyl groups is 1. The maximum atomic E-state index is 12.1. The Kier molecular flexibility index (Phi) is 4.92. The van der Waals surface area contributed by atoms with Crippen molar-refractivity contribution >= 4 is 11.9 Å². The smallest absolute Gasteiger partial charge is 0.310 e. The molecule has 5 nitrogen and oxygen atoms in total. The van der Waals surface area contributed by atoms with Crippen LogP contribution in [0.15, 0.2) is 18.2 Å². The van der Waals surface area contributed by atoms with Gasteiger partial charge in [-0.05, 0) is 30.7 Å². The number of ether oxygens (including phenoxy) is 1. The van der Waals surface area contributed by atoms with Crippen LogP contribution in [0.2, 0.25) is 0 Å². The highest BCUT2D eigenvalue weighted by atomic mass is 16.5. The summed E-state index contributed by atoms with van der Waals surface area (Å²) in [5.41, 5.74) is 1.12. The molecule has 5 heteroatoms. The monoisotopic (exact) mass is 265 g/mol. The van der Waals surface area contributed by atoms with Gasteiger partial charge in [0.2, 0.25) is 0 Å². The van der Waals surface area contributed by atoms with E-state index in [1.54, 1.807) is 33.0 Å². The van der Waals surface area contributed by atoms with Gasteiger partial charge in [-0.3, -0.25) is 9.59 Å². The molecule has 1 rings (SSSR count). The van der Waals surface area contributed by atoms with Crippen LogP contribution in [0, 0.1) is 12.8 Å². The van der Waals surface area contributed by atoms with Crippen LogP contribution in [0.25, 0.3) is 0 Å². The number of carbonyl (C=O) groups is 2. The number of benzene rings is 1. The van der Waals surface area contributed by atoms with Crippen LogP contribution in [0.4, 0.5) is 0 Å². The predicted molar refractivity (Wildman–Crippen MR) is 71.0 cm³/mol. The minimum atomic E-state index is -0.378. The van der Waals surface area contributed by atoms with Gasteiger partial charge in [-0.1, -0.05) is 6.92 Å². The van der Waals surface area contributed by atoms with Gasteiger partial charge >= 0.3 is 5.97 Å². The Morgan fingerprint density at radius 1 is 1.42 bits per heavy atom. The van der Waals surface area contributed by atoms with E-state index < -0.39 is 0 Å². The van der Waals surface area contributed by atoms with E-state index in [1.807, 2.05) is 0 Å². The summed E-state index contributed by atoms with van der Waals surface area (Å²) in [6, 6.07) is 4.67. The second-order valence-electron chi connectivity index (χ2n) is 4.61. The third kappa shape index (κ3) is 3.71. The molecule has 1 aromatic carbocycles. The molecule has 19 heavy (non-hydrogen) atoms. The number of phenols is 1. The summed E-state index contributed by atoms with van der Waals surface area (Å²) in [4.78, 5) is 24.9. The summed E-state index contributed by atoms with van der Waals surface area (Å²) < 4.78 is 4.62. The van der Waals surface area contributed by atoms with Crippen molar-refractivity contribution in [3.63, 3.8) is 0 Å². The van der Waals surface area contributed by atoms with Crippen LogP contribution in [0.5, 0.6) is 5.75 Å². The van der Waals surface area contributed by atoms with Crippen molar-refractivity contribution < 1.29 is 19.4 Å². The molecule has 0 spiro atoms. The zero-order valence-electron chi connectivity index (χ0n) is 11.6. The molecule has 1 atom stereocenters. The van der Waals surface area contributed by atoms with Crippen LogP contribution in [0.3, 0.4) is 0 Å². The van der Waals surface area contributed by atoms with Crippen molar-refractivity contribution in [2.24, 2.45) is 5.92 Å². The molecule has 0 saturated carbocycles. The van der Waals surface area contributed by atoms with Gasteiger partial charge in [0, 0.05) is 19.2 Å². The van der Waals surface area contributed by atoms with E-state index in [4.69, 9.17) is 0 Å². The summed E-state index contributed by atoms with van der Waals surface area (Å²) in [5.74, 6) is -0.764. The van der Waals surface area contributed by atoms with Crippen molar-refractivity contribution in [2.45, 2.75) is 13.8 Å². The van der Waals surface area contributed by atoms with Gasteiger partial charge in [-0.15, -0.1) is 0 Å². The van der Waals surface area contributed by atoms with Gasteiger partial charge in [-0.2, -0.15) is 0 Å². The highest BCUT2D eigenvalue weighted by Crippen LogP contribution is 2.18. The van der Waals surface area contributed by atoms with E-state index in [-0.39, 0.29) is 30.1 Å². The first-order chi connectivity index (χ1) is 8.86. The van der Waals surface area contributed by atoms with Gasteiger partial charge in [0.1, 0.15) is 5.75 Å². The molecule has 104 valence electrons. The molecule has 0 radical (unpaired) electrons. The summed E-state index contributed by atoms with van der Waals surface area (Å²) in [5, 5.41) is 9.43. The number of phenolic OH excluding ortho intramolecular Hbond substituents is 1. The lowest BCUT2D eigenvalue weighted by atomic mass is 10.1. The Morgan fingerprint density at radius 3 is 2.58 bits per heavy atom. The number of aryl methyl sites for hydroxylation is 1. The van der Waals surface area contributed by atoms with Crippen LogP contribution in [0.1, 0.15) is 22.8 Å². The fourth-order valence-corrected chi connectivity index (χ4v) is 1.78. The number of hydrogen-bond acceptors (Lipinski definition) is 4. The van der Waals surface area contributed by atoms with Gasteiger partial charge < -0.3 is 14.7 Å². The van der Waals surface area contributed by atoms with Crippen LogP contribution in [-0.2, 0) is 9.53 Å². The molecule has 0 aliphatic carbocycles. The van der Waals surface area contributed by atoms with Crippen LogP contribution < -0.4 is 0 Å². The summed E-state index contributed by atoms with van der Waals surface area (Å²) in [6.45, 7) is 3.71. The minimum absolute atomic E-state index is 0.155. The molecule has 1 aromatic rings. The average molecular weight is 265 g/mol. The molecule has 1 amide bonds. The average Bonchev–Trinajstić information content (AvgIpc) is 2.39. The minimum Gasteiger partial charge on any atom is -0.508 e. The van der Waals surface area contributed by atoms with Crippen molar-refractivity contribution in [3.8, 4) is 5.75 Å². The zero-order chi connectivity index (χ0) is 14.6. The highest BCUT2D eigenvalue weighted by molar-refractivity contribution is 5.94. The number of amides is 1. The van der Waals surface area contributed by atoms with Crippen molar-refractivity contribution in [1.82, 2.24) is 4.90 Å². The van der Waals surface area contributed by atoms with Crippen molar-refractivity contribution in [1.29, 1.82) is 0 Å². The standard InChI is InChI=1S/C14H19NO4/c1-9-7-11(5-6-12(9)16)13(17)15(3)8-10(2)14(18)19-4/h5-7,10,16H,8H2,1-4H3. The number of carbonyl (C=O) groups excluding carboxylic acids is 2.